The lowest BCUT2D eigenvalue weighted by atomic mass is 9.69. The van der Waals surface area contributed by atoms with Gasteiger partial charge in [-0.1, -0.05) is 130 Å². The molecule has 0 bridgehead atoms. The third kappa shape index (κ3) is 11.1. The fourth-order valence-electron chi connectivity index (χ4n) is 7.02. The van der Waals surface area contributed by atoms with E-state index >= 15 is 0 Å². The van der Waals surface area contributed by atoms with E-state index in [1.54, 1.807) is 12.1 Å². The van der Waals surface area contributed by atoms with Gasteiger partial charge in [-0.25, -0.2) is 4.39 Å². The molecule has 0 heterocycles. The molecule has 0 saturated carbocycles. The third-order valence-electron chi connectivity index (χ3n) is 10.4. The van der Waals surface area contributed by atoms with Crippen molar-refractivity contribution < 1.29 is 24.1 Å². The third-order valence-corrected chi connectivity index (χ3v) is 10.4. The molecular weight excluding hydrogens is 686 g/mol. The molecule has 1 atom stereocenters. The molecule has 0 radical (unpaired) electrons. The summed E-state index contributed by atoms with van der Waals surface area (Å²) in [6, 6.07) is 12.3. The van der Waals surface area contributed by atoms with Crippen LogP contribution >= 0.6 is 0 Å². The van der Waals surface area contributed by atoms with Gasteiger partial charge in [0.1, 0.15) is 17.1 Å². The van der Waals surface area contributed by atoms with E-state index in [1.165, 1.54) is 12.3 Å². The average molecular weight is 760 g/mol. The van der Waals surface area contributed by atoms with Crippen molar-refractivity contribution >= 4 is 6.21 Å². The first kappa shape index (κ1) is 46.0. The molecule has 0 aliphatic carbocycles. The van der Waals surface area contributed by atoms with Crippen LogP contribution in [0.25, 0.3) is 0 Å². The predicted molar refractivity (Wildman–Crippen MR) is 230 cm³/mol. The molecule has 0 aliphatic rings. The van der Waals surface area contributed by atoms with Gasteiger partial charge >= 0.3 is 0 Å². The molecular formula is C49H74FNO4. The smallest absolute Gasteiger partial charge is 0.165 e. The molecule has 0 aliphatic heterocycles. The van der Waals surface area contributed by atoms with Gasteiger partial charge in [0, 0.05) is 34.0 Å². The van der Waals surface area contributed by atoms with Crippen LogP contribution in [-0.2, 0) is 27.3 Å². The normalized spacial score (nSPS) is 13.9. The van der Waals surface area contributed by atoms with E-state index in [-0.39, 0.29) is 33.1 Å². The predicted octanol–water partition coefficient (Wildman–Crippen LogP) is 12.8. The van der Waals surface area contributed by atoms with E-state index in [2.05, 4.69) is 135 Å². The van der Waals surface area contributed by atoms with E-state index in [0.717, 1.165) is 70.6 Å². The van der Waals surface area contributed by atoms with Crippen molar-refractivity contribution in [2.75, 3.05) is 13.2 Å². The van der Waals surface area contributed by atoms with Crippen molar-refractivity contribution in [1.82, 2.24) is 0 Å². The maximum atomic E-state index is 14.6. The van der Waals surface area contributed by atoms with Gasteiger partial charge in [0.2, 0.25) is 0 Å². The van der Waals surface area contributed by atoms with E-state index in [4.69, 9.17) is 14.5 Å². The number of hydrogen-bond donors (Lipinski definition) is 2. The monoisotopic (exact) mass is 760 g/mol. The Morgan fingerprint density at radius 2 is 1.05 bits per heavy atom. The number of phenols is 1. The van der Waals surface area contributed by atoms with Gasteiger partial charge in [-0.3, -0.25) is 4.99 Å². The molecule has 306 valence electrons. The zero-order valence-corrected chi connectivity index (χ0v) is 37.3. The lowest BCUT2D eigenvalue weighted by molar-refractivity contribution is 0.0447. The Morgan fingerprint density at radius 1 is 0.673 bits per heavy atom. The van der Waals surface area contributed by atoms with Crippen LogP contribution in [-0.4, -0.2) is 35.7 Å². The molecule has 0 aromatic heterocycles. The first-order valence-electron chi connectivity index (χ1n) is 20.7. The Kier molecular flexibility index (Phi) is 14.9. The molecule has 0 fully saturated rings. The minimum absolute atomic E-state index is 0.136. The summed E-state index contributed by atoms with van der Waals surface area (Å²) in [7, 11) is 0. The van der Waals surface area contributed by atoms with Crippen molar-refractivity contribution in [2.45, 2.75) is 176 Å². The number of ether oxygens (including phenoxy) is 2. The first-order valence-corrected chi connectivity index (χ1v) is 20.7. The molecule has 0 saturated heterocycles. The minimum atomic E-state index is -1.67. The van der Waals surface area contributed by atoms with Crippen LogP contribution in [0.1, 0.15) is 182 Å². The van der Waals surface area contributed by atoms with Crippen LogP contribution in [0.4, 0.5) is 4.39 Å². The summed E-state index contributed by atoms with van der Waals surface area (Å²) in [5.74, 6) is 0.704. The Labute approximate surface area is 334 Å². The van der Waals surface area contributed by atoms with E-state index in [9.17, 15) is 14.6 Å². The number of halogens is 1. The number of rotatable bonds is 15. The maximum Gasteiger partial charge on any atom is 0.165 e. The molecule has 1 unspecified atom stereocenters. The highest BCUT2D eigenvalue weighted by Gasteiger charge is 2.45. The zero-order valence-electron chi connectivity index (χ0n) is 37.3. The maximum absolute atomic E-state index is 14.6. The zero-order chi connectivity index (χ0) is 41.7. The van der Waals surface area contributed by atoms with Gasteiger partial charge in [-0.05, 0) is 94.4 Å². The van der Waals surface area contributed by atoms with Crippen LogP contribution in [0.15, 0.2) is 47.5 Å². The summed E-state index contributed by atoms with van der Waals surface area (Å²) >= 11 is 0. The second-order valence-electron chi connectivity index (χ2n) is 20.1. The largest absolute Gasteiger partial charge is 0.504 e. The average Bonchev–Trinajstić information content (AvgIpc) is 3.06. The van der Waals surface area contributed by atoms with Crippen LogP contribution in [0, 0.1) is 11.7 Å². The van der Waals surface area contributed by atoms with Crippen molar-refractivity contribution in [3.63, 3.8) is 0 Å². The Hall–Kier alpha value is -3.38. The van der Waals surface area contributed by atoms with Crippen molar-refractivity contribution in [3.8, 4) is 17.2 Å². The lowest BCUT2D eigenvalue weighted by Crippen LogP contribution is -2.42. The summed E-state index contributed by atoms with van der Waals surface area (Å²) in [6.07, 6.45) is 5.95. The molecule has 55 heavy (non-hydrogen) atoms. The summed E-state index contributed by atoms with van der Waals surface area (Å²) in [6.45, 7) is 36.1. The number of nitrogens with zero attached hydrogens (tertiary/aromatic N) is 1. The van der Waals surface area contributed by atoms with E-state index < -0.39 is 23.2 Å². The highest BCUT2D eigenvalue weighted by molar-refractivity contribution is 5.83. The quantitative estimate of drug-likeness (QED) is 0.120. The standard InChI is InChI=1S/C49H74FNO4/c1-17-19-24-54-43-36(45(5,6)7)27-34(28-37(43)46(8,9)10)49(53,41(26-32(3)4)51-31-33-22-21-23-40(50)42(33)52)35-29-38(47(11,12)13)44(55-25-20-18-2)39(30-35)48(14,15)16/h21-23,27-32,41,52-53H,17-20,24-26H2,1-16H3. The number of unbranched alkanes of at least 4 members (excludes halogenated alkanes) is 2. The number of aliphatic imine (C=N–C) groups is 1. The number of para-hydroxylation sites is 1. The number of aliphatic hydroxyl groups is 1. The molecule has 2 N–H and O–H groups in total. The van der Waals surface area contributed by atoms with Crippen LogP contribution in [0.2, 0.25) is 0 Å². The highest BCUT2D eigenvalue weighted by atomic mass is 19.1. The fraction of sp³-hybridized carbons (Fsp3) is 0.612. The summed E-state index contributed by atoms with van der Waals surface area (Å²) in [5.41, 5.74) is 2.79. The Bertz CT molecular complexity index is 1600. The summed E-state index contributed by atoms with van der Waals surface area (Å²) in [5, 5.41) is 24.8. The summed E-state index contributed by atoms with van der Waals surface area (Å²) in [4.78, 5) is 5.13. The fourth-order valence-corrected chi connectivity index (χ4v) is 7.02. The molecule has 3 aromatic rings. The van der Waals surface area contributed by atoms with Gasteiger partial charge < -0.3 is 19.7 Å². The second kappa shape index (κ2) is 17.8. The summed E-state index contributed by atoms with van der Waals surface area (Å²) < 4.78 is 28.0. The Morgan fingerprint density at radius 3 is 1.38 bits per heavy atom. The van der Waals surface area contributed by atoms with Crippen LogP contribution in [0.5, 0.6) is 17.2 Å². The molecule has 5 nitrogen and oxygen atoms in total. The van der Waals surface area contributed by atoms with E-state index in [1.807, 2.05) is 0 Å². The van der Waals surface area contributed by atoms with E-state index in [0.29, 0.717) is 19.6 Å². The number of aromatic hydroxyl groups is 1. The molecule has 0 spiro atoms. The van der Waals surface area contributed by atoms with Gasteiger partial charge in [-0.2, -0.15) is 0 Å². The minimum Gasteiger partial charge on any atom is -0.504 e. The lowest BCUT2D eigenvalue weighted by Gasteiger charge is -2.41. The van der Waals surface area contributed by atoms with Gasteiger partial charge in [0.25, 0.3) is 0 Å². The van der Waals surface area contributed by atoms with Crippen molar-refractivity contribution in [2.24, 2.45) is 10.9 Å². The SMILES string of the molecule is CCCCOc1c(C(C)(C)C)cc(C(O)(c2cc(C(C)(C)C)c(OCCCC)c(C(C)(C)C)c2)C(CC(C)C)N=Cc2cccc(F)c2O)cc1C(C)(C)C. The highest BCUT2D eigenvalue weighted by Crippen LogP contribution is 2.49. The van der Waals surface area contributed by atoms with Crippen LogP contribution in [0.3, 0.4) is 0 Å². The molecule has 3 aromatic carbocycles. The van der Waals surface area contributed by atoms with Gasteiger partial charge in [0.05, 0.1) is 19.3 Å². The Balaban J connectivity index is 2.67. The molecule has 0 amide bonds. The second-order valence-corrected chi connectivity index (χ2v) is 20.1. The number of phenolic OH excluding ortho intramolecular Hbond substituents is 1. The van der Waals surface area contributed by atoms with Gasteiger partial charge in [0.15, 0.2) is 11.6 Å². The first-order chi connectivity index (χ1) is 25.3. The molecule has 6 heteroatoms. The van der Waals surface area contributed by atoms with Crippen molar-refractivity contribution in [1.29, 1.82) is 0 Å². The van der Waals surface area contributed by atoms with Crippen LogP contribution < -0.4 is 9.47 Å². The number of benzene rings is 3. The number of hydrogen-bond acceptors (Lipinski definition) is 5. The van der Waals surface area contributed by atoms with Crippen molar-refractivity contribution in [3.05, 3.63) is 87.2 Å². The van der Waals surface area contributed by atoms with Gasteiger partial charge in [-0.15, -0.1) is 0 Å². The topological polar surface area (TPSA) is 71.3 Å². The molecule has 3 rings (SSSR count).